The number of hydrogen-bond acceptors (Lipinski definition) is 2. The van der Waals surface area contributed by atoms with Gasteiger partial charge in [0.25, 0.3) is 0 Å². The van der Waals surface area contributed by atoms with E-state index < -0.39 is 11.8 Å². The van der Waals surface area contributed by atoms with Gasteiger partial charge in [-0.05, 0) is 42.9 Å². The molecular formula is C15H17FN2O3. The highest BCUT2D eigenvalue weighted by molar-refractivity contribution is 6.00. The highest BCUT2D eigenvalue weighted by atomic mass is 19.1. The van der Waals surface area contributed by atoms with Crippen LogP contribution in [0.15, 0.2) is 18.2 Å². The fraction of sp³-hybridized carbons (Fsp3) is 0.467. The normalized spacial score (nSPS) is 24.0. The zero-order chi connectivity index (χ0) is 15.0. The first-order chi connectivity index (χ1) is 10.0. The molecule has 1 aromatic carbocycles. The third-order valence-corrected chi connectivity index (χ3v) is 4.47. The maximum atomic E-state index is 13.1. The van der Waals surface area contributed by atoms with Crippen molar-refractivity contribution in [2.45, 2.75) is 19.3 Å². The molecule has 5 nitrogen and oxygen atoms in total. The fourth-order valence-corrected chi connectivity index (χ4v) is 3.40. The number of nitrogens with one attached hydrogen (secondary N) is 1. The first-order valence-corrected chi connectivity index (χ1v) is 7.13. The summed E-state index contributed by atoms with van der Waals surface area (Å²) in [5, 5.41) is 11.7. The number of benzene rings is 1. The number of fused-ring (bicyclic) bond motifs is 1. The standard InChI is InChI=1S/C15H17FN2O3/c16-11-4-5-13(12(6-11)14(19)20)17-15(21)18-7-9-2-1-3-10(9)8-18/h4-6,9-10H,1-3,7-8H2,(H,17,21)(H,19,20). The van der Waals surface area contributed by atoms with Crippen LogP contribution in [0.4, 0.5) is 14.9 Å². The van der Waals surface area contributed by atoms with Gasteiger partial charge in [-0.3, -0.25) is 0 Å². The Morgan fingerprint density at radius 3 is 2.52 bits per heavy atom. The predicted octanol–water partition coefficient (Wildman–Crippen LogP) is 2.79. The van der Waals surface area contributed by atoms with Crippen LogP contribution in [0.25, 0.3) is 0 Å². The molecule has 112 valence electrons. The molecule has 21 heavy (non-hydrogen) atoms. The van der Waals surface area contributed by atoms with E-state index in [0.29, 0.717) is 11.8 Å². The Hall–Kier alpha value is -2.11. The molecule has 1 saturated carbocycles. The minimum atomic E-state index is -1.26. The molecule has 2 amide bonds. The summed E-state index contributed by atoms with van der Waals surface area (Å²) in [7, 11) is 0. The molecule has 0 bridgehead atoms. The molecule has 0 spiro atoms. The van der Waals surface area contributed by atoms with E-state index in [1.54, 1.807) is 4.90 Å². The van der Waals surface area contributed by atoms with Gasteiger partial charge >= 0.3 is 12.0 Å². The summed E-state index contributed by atoms with van der Waals surface area (Å²) in [5.74, 6) is -0.755. The van der Waals surface area contributed by atoms with Crippen LogP contribution in [0.3, 0.4) is 0 Å². The van der Waals surface area contributed by atoms with Crippen LogP contribution in [0.5, 0.6) is 0 Å². The van der Waals surface area contributed by atoms with Gasteiger partial charge in [0.2, 0.25) is 0 Å². The predicted molar refractivity (Wildman–Crippen MR) is 74.8 cm³/mol. The largest absolute Gasteiger partial charge is 0.478 e. The summed E-state index contributed by atoms with van der Waals surface area (Å²) >= 11 is 0. The van der Waals surface area contributed by atoms with Gasteiger partial charge in [-0.15, -0.1) is 0 Å². The minimum Gasteiger partial charge on any atom is -0.478 e. The van der Waals surface area contributed by atoms with Crippen molar-refractivity contribution in [1.29, 1.82) is 0 Å². The monoisotopic (exact) mass is 292 g/mol. The Morgan fingerprint density at radius 1 is 1.24 bits per heavy atom. The number of halogens is 1. The summed E-state index contributed by atoms with van der Waals surface area (Å²) in [5.41, 5.74) is -0.103. The second-order valence-corrected chi connectivity index (χ2v) is 5.78. The van der Waals surface area contributed by atoms with Crippen molar-refractivity contribution in [3.05, 3.63) is 29.6 Å². The molecule has 0 aromatic heterocycles. The molecule has 1 aliphatic carbocycles. The first-order valence-electron chi connectivity index (χ1n) is 7.13. The maximum Gasteiger partial charge on any atom is 0.337 e. The van der Waals surface area contributed by atoms with Crippen molar-refractivity contribution in [1.82, 2.24) is 4.90 Å². The van der Waals surface area contributed by atoms with Crippen molar-refractivity contribution in [3.63, 3.8) is 0 Å². The van der Waals surface area contributed by atoms with Gasteiger partial charge in [0.05, 0.1) is 11.3 Å². The van der Waals surface area contributed by atoms with Crippen LogP contribution in [0.1, 0.15) is 29.6 Å². The lowest BCUT2D eigenvalue weighted by molar-refractivity contribution is 0.0697. The first kappa shape index (κ1) is 13.9. The number of anilines is 1. The average molecular weight is 292 g/mol. The lowest BCUT2D eigenvalue weighted by Crippen LogP contribution is -2.34. The average Bonchev–Trinajstić information content (AvgIpc) is 3.01. The SMILES string of the molecule is O=C(O)c1cc(F)ccc1NC(=O)N1CC2CCCC2C1. The summed E-state index contributed by atoms with van der Waals surface area (Å²) < 4.78 is 13.1. The zero-order valence-corrected chi connectivity index (χ0v) is 11.5. The number of carbonyl (C=O) groups excluding carboxylic acids is 1. The summed E-state index contributed by atoms with van der Waals surface area (Å²) in [6.07, 6.45) is 3.54. The quantitative estimate of drug-likeness (QED) is 0.880. The summed E-state index contributed by atoms with van der Waals surface area (Å²) in [4.78, 5) is 25.1. The third-order valence-electron chi connectivity index (χ3n) is 4.47. The number of urea groups is 1. The van der Waals surface area contributed by atoms with Crippen LogP contribution in [-0.4, -0.2) is 35.1 Å². The van der Waals surface area contributed by atoms with Gasteiger partial charge in [-0.2, -0.15) is 0 Å². The van der Waals surface area contributed by atoms with E-state index in [1.807, 2.05) is 0 Å². The smallest absolute Gasteiger partial charge is 0.337 e. The van der Waals surface area contributed by atoms with E-state index in [1.165, 1.54) is 12.5 Å². The van der Waals surface area contributed by atoms with Gasteiger partial charge in [-0.1, -0.05) is 6.42 Å². The number of amides is 2. The molecule has 2 fully saturated rings. The fourth-order valence-electron chi connectivity index (χ4n) is 3.40. The van der Waals surface area contributed by atoms with Crippen molar-refractivity contribution < 1.29 is 19.1 Å². The molecule has 2 N–H and O–H groups in total. The number of carboxylic acids is 1. The van der Waals surface area contributed by atoms with Crippen LogP contribution in [0, 0.1) is 17.7 Å². The van der Waals surface area contributed by atoms with E-state index in [-0.39, 0.29) is 17.3 Å². The molecule has 0 radical (unpaired) electrons. The Kier molecular flexibility index (Phi) is 3.53. The molecule has 3 rings (SSSR count). The second-order valence-electron chi connectivity index (χ2n) is 5.78. The van der Waals surface area contributed by atoms with E-state index in [0.717, 1.165) is 38.1 Å². The van der Waals surface area contributed by atoms with Crippen LogP contribution >= 0.6 is 0 Å². The number of likely N-dealkylation sites (tertiary alicyclic amines) is 1. The lowest BCUT2D eigenvalue weighted by atomic mass is 10.0. The molecule has 1 aliphatic heterocycles. The molecule has 2 aliphatic rings. The molecule has 1 aromatic rings. The van der Waals surface area contributed by atoms with Crippen molar-refractivity contribution >= 4 is 17.7 Å². The second kappa shape index (κ2) is 5.35. The Labute approximate surface area is 121 Å². The van der Waals surface area contributed by atoms with Crippen LogP contribution < -0.4 is 5.32 Å². The summed E-state index contributed by atoms with van der Waals surface area (Å²) in [6.45, 7) is 1.44. The Morgan fingerprint density at radius 2 is 1.90 bits per heavy atom. The molecule has 2 unspecified atom stereocenters. The van der Waals surface area contributed by atoms with E-state index in [4.69, 9.17) is 5.11 Å². The van der Waals surface area contributed by atoms with Gasteiger partial charge in [0.1, 0.15) is 5.82 Å². The van der Waals surface area contributed by atoms with Crippen molar-refractivity contribution in [3.8, 4) is 0 Å². The molecule has 2 atom stereocenters. The minimum absolute atomic E-state index is 0.131. The number of aromatic carboxylic acids is 1. The van der Waals surface area contributed by atoms with Gasteiger partial charge in [0, 0.05) is 13.1 Å². The number of carboxylic acid groups (broad SMARTS) is 1. The Bertz CT molecular complexity index is 578. The van der Waals surface area contributed by atoms with Gasteiger partial charge < -0.3 is 15.3 Å². The number of nitrogens with zero attached hydrogens (tertiary/aromatic N) is 1. The molecule has 6 heteroatoms. The summed E-state index contributed by atoms with van der Waals surface area (Å²) in [6, 6.07) is 3.03. The van der Waals surface area contributed by atoms with Gasteiger partial charge in [0.15, 0.2) is 0 Å². The zero-order valence-electron chi connectivity index (χ0n) is 11.5. The topological polar surface area (TPSA) is 69.6 Å². The number of rotatable bonds is 2. The van der Waals surface area contributed by atoms with Crippen molar-refractivity contribution in [2.24, 2.45) is 11.8 Å². The molecule has 1 heterocycles. The highest BCUT2D eigenvalue weighted by Crippen LogP contribution is 2.37. The highest BCUT2D eigenvalue weighted by Gasteiger charge is 2.38. The van der Waals surface area contributed by atoms with Crippen molar-refractivity contribution in [2.75, 3.05) is 18.4 Å². The molecular weight excluding hydrogens is 275 g/mol. The number of carbonyl (C=O) groups is 2. The van der Waals surface area contributed by atoms with E-state index >= 15 is 0 Å². The van der Waals surface area contributed by atoms with E-state index in [9.17, 15) is 14.0 Å². The van der Waals surface area contributed by atoms with Gasteiger partial charge in [-0.25, -0.2) is 14.0 Å². The number of hydrogen-bond donors (Lipinski definition) is 2. The Balaban J connectivity index is 1.72. The van der Waals surface area contributed by atoms with E-state index in [2.05, 4.69) is 5.32 Å². The van der Waals surface area contributed by atoms with Crippen LogP contribution in [0.2, 0.25) is 0 Å². The molecule has 1 saturated heterocycles. The maximum absolute atomic E-state index is 13.1. The van der Waals surface area contributed by atoms with Crippen LogP contribution in [-0.2, 0) is 0 Å². The lowest BCUT2D eigenvalue weighted by Gasteiger charge is -2.19. The third kappa shape index (κ3) is 2.70.